The first-order valence-electron chi connectivity index (χ1n) is 10.6. The third kappa shape index (κ3) is 4.02. The maximum atomic E-state index is 13.8. The van der Waals surface area contributed by atoms with Gasteiger partial charge in [-0.05, 0) is 55.2 Å². The number of aryl methyl sites for hydroxylation is 1. The number of hydrogen-bond acceptors (Lipinski definition) is 6. The second kappa shape index (κ2) is 8.43. The maximum Gasteiger partial charge on any atom is 0.219 e. The van der Waals surface area contributed by atoms with Crippen LogP contribution in [0, 0.1) is 24.4 Å². The van der Waals surface area contributed by atoms with E-state index in [-0.39, 0.29) is 24.0 Å². The number of aromatic hydroxyl groups is 1. The Balaban J connectivity index is 1.44. The molecule has 7 nitrogen and oxygen atoms in total. The van der Waals surface area contributed by atoms with E-state index in [0.717, 1.165) is 29.8 Å². The number of benzene rings is 2. The lowest BCUT2D eigenvalue weighted by atomic mass is 10.0. The summed E-state index contributed by atoms with van der Waals surface area (Å²) >= 11 is 0. The maximum absolute atomic E-state index is 13.8. The molecule has 1 saturated heterocycles. The lowest BCUT2D eigenvalue weighted by Crippen LogP contribution is -2.50. The highest BCUT2D eigenvalue weighted by Gasteiger charge is 2.32. The van der Waals surface area contributed by atoms with Gasteiger partial charge in [-0.2, -0.15) is 0 Å². The lowest BCUT2D eigenvalue weighted by Gasteiger charge is -2.37. The number of phenols is 1. The van der Waals surface area contributed by atoms with Crippen molar-refractivity contribution in [3.63, 3.8) is 0 Å². The van der Waals surface area contributed by atoms with Gasteiger partial charge in [0, 0.05) is 12.7 Å². The standard InChI is InChI=1S/C23H22F3N5O2/c1-13-10-30(12-27-13)19-5-4-14(9-21(19)32)18-3-2-6-31-20(11-33-29-23(31)28-18)15-7-16(24)22(26)17(25)8-15/h4-5,7-10,12,18,20,32H,2-3,6,11H2,1H3,(H,28,29). The average molecular weight is 457 g/mol. The van der Waals surface area contributed by atoms with E-state index < -0.39 is 23.5 Å². The van der Waals surface area contributed by atoms with Crippen LogP contribution in [0.15, 0.2) is 47.8 Å². The average Bonchev–Trinajstić information content (AvgIpc) is 3.10. The zero-order valence-electron chi connectivity index (χ0n) is 17.8. The third-order valence-corrected chi connectivity index (χ3v) is 5.97. The van der Waals surface area contributed by atoms with E-state index in [2.05, 4.69) is 10.5 Å². The van der Waals surface area contributed by atoms with Gasteiger partial charge >= 0.3 is 0 Å². The van der Waals surface area contributed by atoms with Crippen molar-refractivity contribution in [1.29, 1.82) is 0 Å². The molecule has 0 bridgehead atoms. The minimum absolute atomic E-state index is 0.106. The van der Waals surface area contributed by atoms with Crippen LogP contribution in [-0.4, -0.2) is 38.7 Å². The molecule has 0 spiro atoms. The number of rotatable bonds is 3. The Morgan fingerprint density at radius 3 is 2.61 bits per heavy atom. The first-order chi connectivity index (χ1) is 15.9. The molecule has 2 aromatic carbocycles. The Labute approximate surface area is 188 Å². The summed E-state index contributed by atoms with van der Waals surface area (Å²) in [6, 6.07) is 6.60. The van der Waals surface area contributed by atoms with Gasteiger partial charge in [-0.3, -0.25) is 4.84 Å². The molecular weight excluding hydrogens is 435 g/mol. The molecular formula is C23H22F3N5O2. The molecule has 2 aliphatic heterocycles. The third-order valence-electron chi connectivity index (χ3n) is 5.97. The molecule has 0 amide bonds. The number of fused-ring (bicyclic) bond motifs is 1. The summed E-state index contributed by atoms with van der Waals surface area (Å²) in [5.74, 6) is -3.44. The SMILES string of the molecule is Cc1cn(-c2ccc(C3CCCN4C(=N3)NOCC4c3cc(F)c(F)c(F)c3)cc2O)cn1. The van der Waals surface area contributed by atoms with Crippen molar-refractivity contribution in [2.24, 2.45) is 4.99 Å². The van der Waals surface area contributed by atoms with Crippen molar-refractivity contribution in [2.75, 3.05) is 13.2 Å². The van der Waals surface area contributed by atoms with E-state index in [1.165, 1.54) is 0 Å². The summed E-state index contributed by atoms with van der Waals surface area (Å²) in [6.45, 7) is 2.56. The van der Waals surface area contributed by atoms with Crippen molar-refractivity contribution < 1.29 is 23.1 Å². The van der Waals surface area contributed by atoms with Crippen molar-refractivity contribution in [3.05, 3.63) is 77.1 Å². The number of guanidine groups is 1. The first kappa shape index (κ1) is 21.3. The molecule has 2 atom stereocenters. The van der Waals surface area contributed by atoms with Crippen LogP contribution in [-0.2, 0) is 4.84 Å². The molecule has 5 rings (SSSR count). The second-order valence-electron chi connectivity index (χ2n) is 8.20. The minimum atomic E-state index is -1.49. The molecule has 1 aromatic heterocycles. The summed E-state index contributed by atoms with van der Waals surface area (Å²) in [7, 11) is 0. The number of phenolic OH excluding ortho intramolecular Hbond substituents is 1. The predicted octanol–water partition coefficient (Wildman–Crippen LogP) is 4.07. The first-order valence-corrected chi connectivity index (χ1v) is 10.6. The molecule has 3 heterocycles. The van der Waals surface area contributed by atoms with Crippen LogP contribution in [0.25, 0.3) is 5.69 Å². The lowest BCUT2D eigenvalue weighted by molar-refractivity contribution is 0.00278. The topological polar surface area (TPSA) is 74.9 Å². The number of imidazole rings is 1. The highest BCUT2D eigenvalue weighted by atomic mass is 19.2. The van der Waals surface area contributed by atoms with E-state index in [1.807, 2.05) is 30.2 Å². The Hall–Kier alpha value is -3.53. The van der Waals surface area contributed by atoms with Crippen molar-refractivity contribution >= 4 is 5.96 Å². The zero-order chi connectivity index (χ0) is 23.1. The van der Waals surface area contributed by atoms with Gasteiger partial charge in [0.05, 0.1) is 36.4 Å². The van der Waals surface area contributed by atoms with Crippen LogP contribution in [0.1, 0.15) is 41.7 Å². The van der Waals surface area contributed by atoms with Gasteiger partial charge in [-0.25, -0.2) is 28.6 Å². The molecule has 1 fully saturated rings. The van der Waals surface area contributed by atoms with Gasteiger partial charge < -0.3 is 14.6 Å². The summed E-state index contributed by atoms with van der Waals surface area (Å²) in [4.78, 5) is 16.3. The largest absolute Gasteiger partial charge is 0.506 e. The fourth-order valence-corrected chi connectivity index (χ4v) is 4.31. The quantitative estimate of drug-likeness (QED) is 0.580. The fraction of sp³-hybridized carbons (Fsp3) is 0.304. The summed E-state index contributed by atoms with van der Waals surface area (Å²) in [5.41, 5.74) is 5.35. The van der Waals surface area contributed by atoms with Gasteiger partial charge in [-0.15, -0.1) is 0 Å². The Kier molecular flexibility index (Phi) is 5.45. The number of halogens is 3. The highest BCUT2D eigenvalue weighted by Crippen LogP contribution is 2.34. The number of nitrogens with one attached hydrogen (secondary N) is 1. The van der Waals surface area contributed by atoms with Gasteiger partial charge in [0.25, 0.3) is 0 Å². The molecule has 2 unspecified atom stereocenters. The summed E-state index contributed by atoms with van der Waals surface area (Å²) < 4.78 is 42.8. The molecule has 0 saturated carbocycles. The molecule has 33 heavy (non-hydrogen) atoms. The monoisotopic (exact) mass is 457 g/mol. The Morgan fingerprint density at radius 1 is 1.12 bits per heavy atom. The van der Waals surface area contributed by atoms with Crippen LogP contribution in [0.4, 0.5) is 13.2 Å². The smallest absolute Gasteiger partial charge is 0.219 e. The molecule has 10 heteroatoms. The van der Waals surface area contributed by atoms with Crippen LogP contribution in [0.2, 0.25) is 0 Å². The summed E-state index contributed by atoms with van der Waals surface area (Å²) in [6.07, 6.45) is 4.90. The van der Waals surface area contributed by atoms with Crippen molar-refractivity contribution in [2.45, 2.75) is 31.8 Å². The van der Waals surface area contributed by atoms with Gasteiger partial charge in [0.1, 0.15) is 5.75 Å². The number of aliphatic imine (C=N–C) groups is 1. The number of hydroxylamine groups is 1. The van der Waals surface area contributed by atoms with E-state index in [0.29, 0.717) is 24.6 Å². The van der Waals surface area contributed by atoms with E-state index >= 15 is 0 Å². The fourth-order valence-electron chi connectivity index (χ4n) is 4.31. The van der Waals surface area contributed by atoms with Crippen molar-refractivity contribution in [3.8, 4) is 11.4 Å². The highest BCUT2D eigenvalue weighted by molar-refractivity contribution is 5.80. The molecule has 2 aliphatic rings. The van der Waals surface area contributed by atoms with Crippen LogP contribution < -0.4 is 5.48 Å². The Bertz CT molecular complexity index is 1210. The van der Waals surface area contributed by atoms with Gasteiger partial charge in [0.15, 0.2) is 17.5 Å². The Morgan fingerprint density at radius 2 is 1.91 bits per heavy atom. The second-order valence-corrected chi connectivity index (χ2v) is 8.20. The van der Waals surface area contributed by atoms with E-state index in [9.17, 15) is 18.3 Å². The molecule has 3 aromatic rings. The predicted molar refractivity (Wildman–Crippen MR) is 114 cm³/mol. The minimum Gasteiger partial charge on any atom is -0.506 e. The zero-order valence-corrected chi connectivity index (χ0v) is 17.8. The van der Waals surface area contributed by atoms with E-state index in [4.69, 9.17) is 9.83 Å². The van der Waals surface area contributed by atoms with E-state index in [1.54, 1.807) is 17.0 Å². The van der Waals surface area contributed by atoms with Crippen LogP contribution in [0.3, 0.4) is 0 Å². The van der Waals surface area contributed by atoms with Crippen LogP contribution >= 0.6 is 0 Å². The molecule has 2 N–H and O–H groups in total. The van der Waals surface area contributed by atoms with Crippen molar-refractivity contribution in [1.82, 2.24) is 19.9 Å². The summed E-state index contributed by atoms with van der Waals surface area (Å²) in [5, 5.41) is 10.6. The van der Waals surface area contributed by atoms with Gasteiger partial charge in [0.2, 0.25) is 5.96 Å². The van der Waals surface area contributed by atoms with Gasteiger partial charge in [-0.1, -0.05) is 6.07 Å². The molecule has 172 valence electrons. The normalized spacial score (nSPS) is 20.6. The number of nitrogens with zero attached hydrogens (tertiary/aromatic N) is 4. The van der Waals surface area contributed by atoms with Crippen LogP contribution in [0.5, 0.6) is 5.75 Å². The number of hydrogen-bond donors (Lipinski definition) is 2. The molecule has 0 radical (unpaired) electrons. The number of aromatic nitrogens is 2. The molecule has 0 aliphatic carbocycles.